The van der Waals surface area contributed by atoms with Crippen molar-refractivity contribution >= 4 is 0 Å². The Morgan fingerprint density at radius 1 is 1.54 bits per heavy atom. The van der Waals surface area contributed by atoms with E-state index in [4.69, 9.17) is 5.11 Å². The first-order valence-corrected chi connectivity index (χ1v) is 5.15. The molecule has 78 valence electrons. The van der Waals surface area contributed by atoms with E-state index < -0.39 is 0 Å². The Bertz CT molecular complexity index is 159. The van der Waals surface area contributed by atoms with E-state index in [9.17, 15) is 0 Å². The fourth-order valence-corrected chi connectivity index (χ4v) is 1.83. The topological polar surface area (TPSA) is 35.5 Å². The maximum Gasteiger partial charge on any atom is 0.0443 e. The fraction of sp³-hybridized carbons (Fsp3) is 1.00. The SMILES string of the molecule is CC1CN(CCCO)C(C)(C)CN1. The minimum Gasteiger partial charge on any atom is -0.396 e. The molecule has 13 heavy (non-hydrogen) atoms. The first kappa shape index (κ1) is 11.0. The third kappa shape index (κ3) is 2.93. The van der Waals surface area contributed by atoms with E-state index >= 15 is 0 Å². The number of hydrogen-bond acceptors (Lipinski definition) is 3. The van der Waals surface area contributed by atoms with Crippen molar-refractivity contribution < 1.29 is 5.11 Å². The molecule has 0 saturated carbocycles. The average molecular weight is 186 g/mol. The molecule has 1 saturated heterocycles. The lowest BCUT2D eigenvalue weighted by Crippen LogP contribution is -2.61. The second kappa shape index (κ2) is 4.40. The maximum absolute atomic E-state index is 8.79. The molecule has 2 N–H and O–H groups in total. The van der Waals surface area contributed by atoms with Crippen LogP contribution in [0.25, 0.3) is 0 Å². The van der Waals surface area contributed by atoms with Crippen molar-refractivity contribution in [2.45, 2.75) is 38.8 Å². The molecule has 1 atom stereocenters. The molecule has 1 aliphatic heterocycles. The number of aliphatic hydroxyl groups is 1. The lowest BCUT2D eigenvalue weighted by molar-refractivity contribution is 0.0638. The molecule has 0 amide bonds. The third-order valence-corrected chi connectivity index (χ3v) is 2.82. The molecule has 0 aromatic carbocycles. The number of hydrogen-bond donors (Lipinski definition) is 2. The average Bonchev–Trinajstić information content (AvgIpc) is 2.07. The largest absolute Gasteiger partial charge is 0.396 e. The molecule has 0 aromatic rings. The van der Waals surface area contributed by atoms with Gasteiger partial charge in [-0.2, -0.15) is 0 Å². The standard InChI is InChI=1S/C10H22N2O/c1-9-7-12(5-4-6-13)10(2,3)8-11-9/h9,11,13H,4-8H2,1-3H3. The summed E-state index contributed by atoms with van der Waals surface area (Å²) in [5.41, 5.74) is 0.238. The molecular formula is C10H22N2O. The van der Waals surface area contributed by atoms with Gasteiger partial charge in [0.05, 0.1) is 0 Å². The zero-order valence-corrected chi connectivity index (χ0v) is 9.01. The first-order valence-electron chi connectivity index (χ1n) is 5.15. The molecule has 0 aromatic heterocycles. The Morgan fingerprint density at radius 3 is 2.85 bits per heavy atom. The summed E-state index contributed by atoms with van der Waals surface area (Å²) in [4.78, 5) is 2.46. The number of aliphatic hydroxyl groups excluding tert-OH is 1. The molecular weight excluding hydrogens is 164 g/mol. The summed E-state index contributed by atoms with van der Waals surface area (Å²) in [6.45, 7) is 10.2. The van der Waals surface area contributed by atoms with Gasteiger partial charge in [0.25, 0.3) is 0 Å². The van der Waals surface area contributed by atoms with Crippen molar-refractivity contribution in [3.8, 4) is 0 Å². The monoisotopic (exact) mass is 186 g/mol. The van der Waals surface area contributed by atoms with Gasteiger partial charge in [-0.25, -0.2) is 0 Å². The van der Waals surface area contributed by atoms with E-state index in [2.05, 4.69) is 31.0 Å². The Balaban J connectivity index is 2.46. The van der Waals surface area contributed by atoms with Gasteiger partial charge >= 0.3 is 0 Å². The van der Waals surface area contributed by atoms with Crippen molar-refractivity contribution in [2.75, 3.05) is 26.2 Å². The highest BCUT2D eigenvalue weighted by Gasteiger charge is 2.31. The Kier molecular flexibility index (Phi) is 3.71. The predicted molar refractivity (Wildman–Crippen MR) is 54.8 cm³/mol. The van der Waals surface area contributed by atoms with Crippen LogP contribution in [0.4, 0.5) is 0 Å². The van der Waals surface area contributed by atoms with Crippen molar-refractivity contribution in [1.82, 2.24) is 10.2 Å². The van der Waals surface area contributed by atoms with Gasteiger partial charge in [0.2, 0.25) is 0 Å². The molecule has 0 spiro atoms. The van der Waals surface area contributed by atoms with E-state index in [-0.39, 0.29) is 5.54 Å². The predicted octanol–water partition coefficient (Wildman–Crippen LogP) is 0.441. The molecule has 1 rings (SSSR count). The van der Waals surface area contributed by atoms with E-state index in [1.54, 1.807) is 0 Å². The zero-order valence-electron chi connectivity index (χ0n) is 9.01. The van der Waals surface area contributed by atoms with Crippen LogP contribution in [0.15, 0.2) is 0 Å². The first-order chi connectivity index (χ1) is 6.06. The summed E-state index contributed by atoms with van der Waals surface area (Å²) < 4.78 is 0. The van der Waals surface area contributed by atoms with Crippen LogP contribution in [0.5, 0.6) is 0 Å². The summed E-state index contributed by atoms with van der Waals surface area (Å²) in [6, 6.07) is 0.576. The molecule has 3 nitrogen and oxygen atoms in total. The molecule has 1 unspecified atom stereocenters. The summed E-state index contributed by atoms with van der Waals surface area (Å²) in [5.74, 6) is 0. The van der Waals surface area contributed by atoms with Crippen LogP contribution in [0.1, 0.15) is 27.2 Å². The van der Waals surface area contributed by atoms with Gasteiger partial charge in [0, 0.05) is 37.8 Å². The maximum atomic E-state index is 8.79. The van der Waals surface area contributed by atoms with Crippen LogP contribution in [0, 0.1) is 0 Å². The molecule has 1 aliphatic rings. The minimum atomic E-state index is 0.238. The third-order valence-electron chi connectivity index (χ3n) is 2.82. The molecule has 1 fully saturated rings. The second-order valence-electron chi connectivity index (χ2n) is 4.62. The zero-order chi connectivity index (χ0) is 9.90. The highest BCUT2D eigenvalue weighted by molar-refractivity contribution is 4.91. The fourth-order valence-electron chi connectivity index (χ4n) is 1.83. The molecule has 0 radical (unpaired) electrons. The van der Waals surface area contributed by atoms with Crippen LogP contribution >= 0.6 is 0 Å². The molecule has 0 bridgehead atoms. The summed E-state index contributed by atoms with van der Waals surface area (Å²) in [6.07, 6.45) is 0.885. The van der Waals surface area contributed by atoms with Crippen molar-refractivity contribution in [2.24, 2.45) is 0 Å². The van der Waals surface area contributed by atoms with Gasteiger partial charge in [-0.1, -0.05) is 0 Å². The Hall–Kier alpha value is -0.120. The van der Waals surface area contributed by atoms with Gasteiger partial charge in [-0.3, -0.25) is 4.90 Å². The van der Waals surface area contributed by atoms with Crippen LogP contribution in [-0.2, 0) is 0 Å². The van der Waals surface area contributed by atoms with Crippen LogP contribution in [-0.4, -0.2) is 47.8 Å². The molecule has 0 aliphatic carbocycles. The van der Waals surface area contributed by atoms with E-state index in [0.29, 0.717) is 12.6 Å². The number of nitrogens with zero attached hydrogens (tertiary/aromatic N) is 1. The van der Waals surface area contributed by atoms with E-state index in [1.807, 2.05) is 0 Å². The number of piperazine rings is 1. The minimum absolute atomic E-state index is 0.238. The van der Waals surface area contributed by atoms with Gasteiger partial charge in [-0.15, -0.1) is 0 Å². The summed E-state index contributed by atoms with van der Waals surface area (Å²) >= 11 is 0. The second-order valence-corrected chi connectivity index (χ2v) is 4.62. The quantitative estimate of drug-likeness (QED) is 0.671. The lowest BCUT2D eigenvalue weighted by Gasteiger charge is -2.45. The normalized spacial score (nSPS) is 29.1. The molecule has 1 heterocycles. The van der Waals surface area contributed by atoms with E-state index in [1.165, 1.54) is 0 Å². The molecule has 3 heteroatoms. The highest BCUT2D eigenvalue weighted by Crippen LogP contribution is 2.18. The summed E-state index contributed by atoms with van der Waals surface area (Å²) in [5, 5.41) is 12.3. The number of rotatable bonds is 3. The lowest BCUT2D eigenvalue weighted by atomic mass is 9.97. The Labute approximate surface area is 81.1 Å². The van der Waals surface area contributed by atoms with Gasteiger partial charge in [-0.05, 0) is 27.2 Å². The van der Waals surface area contributed by atoms with Crippen LogP contribution in [0.2, 0.25) is 0 Å². The summed E-state index contributed by atoms with van der Waals surface area (Å²) in [7, 11) is 0. The Morgan fingerprint density at radius 2 is 2.23 bits per heavy atom. The van der Waals surface area contributed by atoms with E-state index in [0.717, 1.165) is 26.1 Å². The number of nitrogens with one attached hydrogen (secondary N) is 1. The van der Waals surface area contributed by atoms with Gasteiger partial charge in [0.1, 0.15) is 0 Å². The van der Waals surface area contributed by atoms with Crippen LogP contribution < -0.4 is 5.32 Å². The van der Waals surface area contributed by atoms with Gasteiger partial charge in [0.15, 0.2) is 0 Å². The highest BCUT2D eigenvalue weighted by atomic mass is 16.3. The van der Waals surface area contributed by atoms with Crippen molar-refractivity contribution in [1.29, 1.82) is 0 Å². The van der Waals surface area contributed by atoms with Crippen molar-refractivity contribution in [3.05, 3.63) is 0 Å². The van der Waals surface area contributed by atoms with Crippen LogP contribution in [0.3, 0.4) is 0 Å². The smallest absolute Gasteiger partial charge is 0.0443 e. The van der Waals surface area contributed by atoms with Crippen molar-refractivity contribution in [3.63, 3.8) is 0 Å². The van der Waals surface area contributed by atoms with Gasteiger partial charge < -0.3 is 10.4 Å².